The van der Waals surface area contributed by atoms with Crippen LogP contribution >= 0.6 is 0 Å². The lowest BCUT2D eigenvalue weighted by Crippen LogP contribution is -2.33. The van der Waals surface area contributed by atoms with Gasteiger partial charge in [-0.05, 0) is 56.8 Å². The number of hydrogen-bond donors (Lipinski definition) is 3. The van der Waals surface area contributed by atoms with Gasteiger partial charge in [-0.3, -0.25) is 0 Å². The molecule has 0 unspecified atom stereocenters. The van der Waals surface area contributed by atoms with Crippen molar-refractivity contribution in [1.29, 1.82) is 0 Å². The maximum absolute atomic E-state index is 13.1. The van der Waals surface area contributed by atoms with Gasteiger partial charge < -0.3 is 21.3 Å². The molecule has 30 heavy (non-hydrogen) atoms. The van der Waals surface area contributed by atoms with E-state index in [0.29, 0.717) is 12.0 Å². The average molecular weight is 420 g/mol. The van der Waals surface area contributed by atoms with E-state index in [2.05, 4.69) is 27.4 Å². The Bertz CT molecular complexity index is 914. The van der Waals surface area contributed by atoms with E-state index in [1.54, 1.807) is 0 Å². The zero-order valence-corrected chi connectivity index (χ0v) is 17.0. The lowest BCUT2D eigenvalue weighted by molar-refractivity contribution is -0.137. The van der Waals surface area contributed by atoms with Crippen LogP contribution in [0.4, 0.5) is 36.3 Å². The van der Waals surface area contributed by atoms with Crippen LogP contribution in [-0.4, -0.2) is 35.6 Å². The van der Waals surface area contributed by atoms with Crippen molar-refractivity contribution in [2.24, 2.45) is 0 Å². The Balaban J connectivity index is 1.60. The van der Waals surface area contributed by atoms with E-state index in [1.165, 1.54) is 11.6 Å². The minimum atomic E-state index is -4.47. The highest BCUT2D eigenvalue weighted by Gasteiger charge is 2.32. The Morgan fingerprint density at radius 3 is 2.80 bits per heavy atom. The number of halogens is 3. The van der Waals surface area contributed by atoms with Crippen LogP contribution in [0.3, 0.4) is 0 Å². The van der Waals surface area contributed by atoms with Crippen LogP contribution in [-0.2, 0) is 19.0 Å². The molecule has 2 aliphatic rings. The second kappa shape index (κ2) is 8.29. The van der Waals surface area contributed by atoms with Gasteiger partial charge in [0.1, 0.15) is 5.82 Å². The summed E-state index contributed by atoms with van der Waals surface area (Å²) < 4.78 is 39.4. The molecule has 4 N–H and O–H groups in total. The molecule has 1 aromatic carbocycles. The number of rotatable bonds is 6. The summed E-state index contributed by atoms with van der Waals surface area (Å²) in [5, 5.41) is 6.51. The number of aryl methyl sites for hydroxylation is 1. The van der Waals surface area contributed by atoms with Crippen LogP contribution in [0.25, 0.3) is 0 Å². The summed E-state index contributed by atoms with van der Waals surface area (Å²) in [6.07, 6.45) is 0.480. The van der Waals surface area contributed by atoms with Crippen molar-refractivity contribution in [3.05, 3.63) is 35.0 Å². The topological polar surface area (TPSA) is 79.1 Å². The monoisotopic (exact) mass is 420 g/mol. The minimum absolute atomic E-state index is 0.0399. The molecule has 162 valence electrons. The number of nitrogen functional groups attached to an aromatic ring is 1. The summed E-state index contributed by atoms with van der Waals surface area (Å²) in [7, 11) is 0. The first-order valence-electron chi connectivity index (χ1n) is 10.5. The highest BCUT2D eigenvalue weighted by atomic mass is 19.4. The molecule has 2 heterocycles. The van der Waals surface area contributed by atoms with Gasteiger partial charge in [-0.15, -0.1) is 0 Å². The van der Waals surface area contributed by atoms with Crippen LogP contribution in [0.15, 0.2) is 18.2 Å². The SMILES string of the molecule is CCCN[C@H]1CCN(c2nc(Nc3cc(N)cc(C(F)(F)F)c3)nc3c2CCC3)C1. The number of aromatic nitrogens is 2. The standard InChI is InChI=1S/C21H27F3N6/c1-2-7-26-15-6-8-30(12-15)19-17-4-3-5-18(17)28-20(29-19)27-16-10-13(21(22,23)24)9-14(25)11-16/h9-11,15,26H,2-8,12,25H2,1H3,(H,27,28,29)/t15-/m0/s1. The van der Waals surface area contributed by atoms with E-state index in [4.69, 9.17) is 10.7 Å². The largest absolute Gasteiger partial charge is 0.416 e. The second-order valence-corrected chi connectivity index (χ2v) is 8.00. The Morgan fingerprint density at radius 2 is 2.03 bits per heavy atom. The molecule has 6 nitrogen and oxygen atoms in total. The van der Waals surface area contributed by atoms with Gasteiger partial charge >= 0.3 is 6.18 Å². The quantitative estimate of drug-likeness (QED) is 0.616. The number of alkyl halides is 3. The van der Waals surface area contributed by atoms with Crippen molar-refractivity contribution in [1.82, 2.24) is 15.3 Å². The summed E-state index contributed by atoms with van der Waals surface area (Å²) in [6.45, 7) is 4.92. The highest BCUT2D eigenvalue weighted by molar-refractivity contribution is 5.64. The molecule has 0 spiro atoms. The Labute approximate surface area is 174 Å². The smallest absolute Gasteiger partial charge is 0.399 e. The van der Waals surface area contributed by atoms with Gasteiger partial charge in [-0.1, -0.05) is 6.92 Å². The van der Waals surface area contributed by atoms with Gasteiger partial charge in [-0.2, -0.15) is 18.2 Å². The molecule has 9 heteroatoms. The van der Waals surface area contributed by atoms with Gasteiger partial charge in [0, 0.05) is 36.1 Å². The van der Waals surface area contributed by atoms with Gasteiger partial charge in [0.25, 0.3) is 0 Å². The predicted octanol–water partition coefficient (Wildman–Crippen LogP) is 3.89. The molecule has 2 aromatic rings. The van der Waals surface area contributed by atoms with Crippen molar-refractivity contribution in [2.75, 3.05) is 35.6 Å². The number of hydrogen-bond acceptors (Lipinski definition) is 6. The Kier molecular flexibility index (Phi) is 5.73. The molecule has 1 saturated heterocycles. The number of nitrogens with one attached hydrogen (secondary N) is 2. The Hall–Kier alpha value is -2.55. The molecule has 0 bridgehead atoms. The maximum Gasteiger partial charge on any atom is 0.416 e. The maximum atomic E-state index is 13.1. The molecule has 0 radical (unpaired) electrons. The van der Waals surface area contributed by atoms with Gasteiger partial charge in [0.2, 0.25) is 5.95 Å². The number of fused-ring (bicyclic) bond motifs is 1. The Morgan fingerprint density at radius 1 is 1.20 bits per heavy atom. The van der Waals surface area contributed by atoms with E-state index in [1.807, 2.05) is 0 Å². The van der Waals surface area contributed by atoms with Crippen molar-refractivity contribution in [2.45, 2.75) is 51.2 Å². The second-order valence-electron chi connectivity index (χ2n) is 8.00. The molecule has 0 saturated carbocycles. The summed E-state index contributed by atoms with van der Waals surface area (Å²) in [6, 6.07) is 3.85. The number of nitrogens with zero attached hydrogens (tertiary/aromatic N) is 3. The molecule has 1 aliphatic carbocycles. The van der Waals surface area contributed by atoms with E-state index in [-0.39, 0.29) is 11.4 Å². The molecular weight excluding hydrogens is 393 g/mol. The molecule has 1 atom stereocenters. The number of anilines is 4. The first kappa shape index (κ1) is 20.7. The summed E-state index contributed by atoms with van der Waals surface area (Å²) in [4.78, 5) is 11.6. The molecule has 0 amide bonds. The minimum Gasteiger partial charge on any atom is -0.399 e. The summed E-state index contributed by atoms with van der Waals surface area (Å²) in [5.41, 5.74) is 7.31. The fourth-order valence-corrected chi connectivity index (χ4v) is 4.21. The van der Waals surface area contributed by atoms with E-state index >= 15 is 0 Å². The van der Waals surface area contributed by atoms with Crippen molar-refractivity contribution < 1.29 is 13.2 Å². The van der Waals surface area contributed by atoms with Crippen LogP contribution < -0.4 is 21.3 Å². The van der Waals surface area contributed by atoms with Crippen LogP contribution in [0.1, 0.15) is 43.0 Å². The van der Waals surface area contributed by atoms with E-state index < -0.39 is 11.7 Å². The van der Waals surface area contributed by atoms with Crippen molar-refractivity contribution >= 4 is 23.1 Å². The van der Waals surface area contributed by atoms with E-state index in [0.717, 1.165) is 75.4 Å². The summed E-state index contributed by atoms with van der Waals surface area (Å²) in [5.74, 6) is 1.22. The van der Waals surface area contributed by atoms with Crippen molar-refractivity contribution in [3.8, 4) is 0 Å². The van der Waals surface area contributed by atoms with Gasteiger partial charge in [0.15, 0.2) is 0 Å². The molecule has 1 aromatic heterocycles. The van der Waals surface area contributed by atoms with Crippen LogP contribution in [0, 0.1) is 0 Å². The third kappa shape index (κ3) is 4.45. The lowest BCUT2D eigenvalue weighted by Gasteiger charge is -2.22. The third-order valence-electron chi connectivity index (χ3n) is 5.62. The predicted molar refractivity (Wildman–Crippen MR) is 112 cm³/mol. The zero-order chi connectivity index (χ0) is 21.3. The molecular formula is C21H27F3N6. The highest BCUT2D eigenvalue weighted by Crippen LogP contribution is 2.35. The molecule has 1 aliphatic heterocycles. The lowest BCUT2D eigenvalue weighted by atomic mass is 10.1. The first-order valence-corrected chi connectivity index (χ1v) is 10.5. The van der Waals surface area contributed by atoms with Crippen LogP contribution in [0.5, 0.6) is 0 Å². The van der Waals surface area contributed by atoms with Crippen LogP contribution in [0.2, 0.25) is 0 Å². The third-order valence-corrected chi connectivity index (χ3v) is 5.62. The first-order chi connectivity index (χ1) is 14.3. The van der Waals surface area contributed by atoms with E-state index in [9.17, 15) is 13.2 Å². The fraction of sp³-hybridized carbons (Fsp3) is 0.524. The fourth-order valence-electron chi connectivity index (χ4n) is 4.21. The number of nitrogens with two attached hydrogens (primary N) is 1. The molecule has 4 rings (SSSR count). The average Bonchev–Trinajstić information content (AvgIpc) is 3.34. The van der Waals surface area contributed by atoms with Gasteiger partial charge in [0.05, 0.1) is 11.3 Å². The zero-order valence-electron chi connectivity index (χ0n) is 17.0. The molecule has 1 fully saturated rings. The normalized spacial score (nSPS) is 18.7. The summed E-state index contributed by atoms with van der Waals surface area (Å²) >= 11 is 0. The van der Waals surface area contributed by atoms with Crippen molar-refractivity contribution in [3.63, 3.8) is 0 Å². The van der Waals surface area contributed by atoms with Gasteiger partial charge in [-0.25, -0.2) is 4.98 Å². The number of benzene rings is 1.